The van der Waals surface area contributed by atoms with Gasteiger partial charge in [0, 0.05) is 12.1 Å². The molecular formula is C10H13ClN2O4. The summed E-state index contributed by atoms with van der Waals surface area (Å²) in [6, 6.07) is 5.61. The van der Waals surface area contributed by atoms with Crippen LogP contribution in [0.2, 0.25) is 0 Å². The van der Waals surface area contributed by atoms with Crippen molar-refractivity contribution in [2.45, 2.75) is 12.5 Å². The normalized spacial score (nSPS) is 13.1. The number of hydrogen-bond donors (Lipinski definition) is 1. The number of esters is 1. The second kappa shape index (κ2) is 5.60. The summed E-state index contributed by atoms with van der Waals surface area (Å²) in [5.41, 5.74) is 4.60. The van der Waals surface area contributed by atoms with E-state index < -0.39 is 16.4 Å². The fourth-order valence-electron chi connectivity index (χ4n) is 1.27. The Morgan fingerprint density at radius 1 is 1.53 bits per heavy atom. The van der Waals surface area contributed by atoms with E-state index in [0.29, 0.717) is 5.56 Å². The highest BCUT2D eigenvalue weighted by molar-refractivity contribution is 5.85. The van der Waals surface area contributed by atoms with Gasteiger partial charge in [-0.05, 0) is 12.5 Å². The molecule has 0 radical (unpaired) electrons. The van der Waals surface area contributed by atoms with Crippen LogP contribution in [0.4, 0.5) is 5.69 Å². The van der Waals surface area contributed by atoms with Gasteiger partial charge in [-0.25, -0.2) is 4.79 Å². The minimum Gasteiger partial charge on any atom is -0.467 e. The number of methoxy groups -OCH3 is 1. The molecule has 2 N–H and O–H groups in total. The molecule has 1 aromatic rings. The summed E-state index contributed by atoms with van der Waals surface area (Å²) >= 11 is 0. The van der Waals surface area contributed by atoms with E-state index in [-0.39, 0.29) is 18.1 Å². The van der Waals surface area contributed by atoms with Crippen molar-refractivity contribution in [2.75, 3.05) is 7.11 Å². The van der Waals surface area contributed by atoms with Crippen molar-refractivity contribution >= 4 is 24.1 Å². The molecule has 0 fully saturated rings. The van der Waals surface area contributed by atoms with E-state index in [9.17, 15) is 14.9 Å². The smallest absolute Gasteiger partial charge is 0.330 e. The average Bonchev–Trinajstić information content (AvgIpc) is 2.28. The van der Waals surface area contributed by atoms with E-state index in [1.807, 2.05) is 0 Å². The van der Waals surface area contributed by atoms with E-state index in [4.69, 9.17) is 5.73 Å². The van der Waals surface area contributed by atoms with Crippen LogP contribution in [0.3, 0.4) is 0 Å². The Labute approximate surface area is 104 Å². The van der Waals surface area contributed by atoms with Gasteiger partial charge in [0.1, 0.15) is 5.54 Å². The van der Waals surface area contributed by atoms with Gasteiger partial charge in [-0.3, -0.25) is 10.1 Å². The molecule has 0 saturated heterocycles. The summed E-state index contributed by atoms with van der Waals surface area (Å²) in [6.45, 7) is 1.44. The van der Waals surface area contributed by atoms with Gasteiger partial charge in [-0.2, -0.15) is 0 Å². The minimum absolute atomic E-state index is 0. The first-order valence-corrected chi connectivity index (χ1v) is 4.52. The lowest BCUT2D eigenvalue weighted by molar-refractivity contribution is -0.384. The fourth-order valence-corrected chi connectivity index (χ4v) is 1.27. The molecule has 17 heavy (non-hydrogen) atoms. The van der Waals surface area contributed by atoms with Crippen LogP contribution in [0, 0.1) is 10.1 Å². The fraction of sp³-hybridized carbons (Fsp3) is 0.300. The van der Waals surface area contributed by atoms with Crippen LogP contribution in [-0.2, 0) is 15.1 Å². The number of halogens is 1. The number of nitro groups is 1. The van der Waals surface area contributed by atoms with Crippen LogP contribution >= 0.6 is 12.4 Å². The van der Waals surface area contributed by atoms with E-state index in [2.05, 4.69) is 4.74 Å². The molecule has 94 valence electrons. The molecule has 0 bridgehead atoms. The molecule has 1 rings (SSSR count). The van der Waals surface area contributed by atoms with Crippen molar-refractivity contribution in [1.29, 1.82) is 0 Å². The Kier molecular flexibility index (Phi) is 5.06. The maximum Gasteiger partial charge on any atom is 0.330 e. The maximum absolute atomic E-state index is 11.4. The first-order valence-electron chi connectivity index (χ1n) is 4.52. The molecule has 1 unspecified atom stereocenters. The molecule has 1 atom stereocenters. The van der Waals surface area contributed by atoms with Crippen molar-refractivity contribution in [3.05, 3.63) is 39.9 Å². The van der Waals surface area contributed by atoms with Crippen molar-refractivity contribution in [1.82, 2.24) is 0 Å². The molecule has 0 amide bonds. The minimum atomic E-state index is -1.39. The summed E-state index contributed by atoms with van der Waals surface area (Å²) in [5.74, 6) is -0.645. The number of carbonyl (C=O) groups is 1. The van der Waals surface area contributed by atoms with Crippen LogP contribution in [-0.4, -0.2) is 18.0 Å². The summed E-state index contributed by atoms with van der Waals surface area (Å²) in [4.78, 5) is 21.4. The Balaban J connectivity index is 0.00000256. The Hall–Kier alpha value is -1.66. The largest absolute Gasteiger partial charge is 0.467 e. The number of rotatable bonds is 3. The van der Waals surface area contributed by atoms with Gasteiger partial charge in [0.2, 0.25) is 0 Å². The van der Waals surface area contributed by atoms with Crippen molar-refractivity contribution in [2.24, 2.45) is 5.73 Å². The van der Waals surface area contributed by atoms with Crippen LogP contribution < -0.4 is 5.73 Å². The predicted molar refractivity (Wildman–Crippen MR) is 63.9 cm³/mol. The van der Waals surface area contributed by atoms with Crippen molar-refractivity contribution in [3.63, 3.8) is 0 Å². The predicted octanol–water partition coefficient (Wildman–Crippen LogP) is 1.36. The summed E-state index contributed by atoms with van der Waals surface area (Å²) in [7, 11) is 1.21. The van der Waals surface area contributed by atoms with E-state index >= 15 is 0 Å². The van der Waals surface area contributed by atoms with Gasteiger partial charge in [0.05, 0.1) is 12.0 Å². The monoisotopic (exact) mass is 260 g/mol. The molecular weight excluding hydrogens is 248 g/mol. The molecule has 1 aromatic carbocycles. The van der Waals surface area contributed by atoms with Crippen LogP contribution in [0.15, 0.2) is 24.3 Å². The lowest BCUT2D eigenvalue weighted by Gasteiger charge is -2.21. The average molecular weight is 261 g/mol. The Morgan fingerprint density at radius 2 is 2.12 bits per heavy atom. The molecule has 0 saturated carbocycles. The van der Waals surface area contributed by atoms with E-state index in [0.717, 1.165) is 0 Å². The van der Waals surface area contributed by atoms with Gasteiger partial charge in [0.25, 0.3) is 5.69 Å². The number of nitro benzene ring substituents is 1. The van der Waals surface area contributed by atoms with E-state index in [1.54, 1.807) is 6.07 Å². The zero-order valence-corrected chi connectivity index (χ0v) is 10.2. The number of carbonyl (C=O) groups excluding carboxylic acids is 1. The quantitative estimate of drug-likeness (QED) is 0.503. The first-order chi connectivity index (χ1) is 7.39. The Morgan fingerprint density at radius 3 is 2.59 bits per heavy atom. The summed E-state index contributed by atoms with van der Waals surface area (Å²) < 4.78 is 4.54. The van der Waals surface area contributed by atoms with Gasteiger partial charge >= 0.3 is 5.97 Å². The molecule has 0 aliphatic heterocycles. The van der Waals surface area contributed by atoms with Gasteiger partial charge in [0.15, 0.2) is 0 Å². The Bertz CT molecular complexity index is 434. The summed E-state index contributed by atoms with van der Waals surface area (Å²) in [5, 5.41) is 10.6. The lowest BCUT2D eigenvalue weighted by atomic mass is 9.93. The lowest BCUT2D eigenvalue weighted by Crippen LogP contribution is -2.42. The number of benzene rings is 1. The highest BCUT2D eigenvalue weighted by Crippen LogP contribution is 2.23. The third-order valence-electron chi connectivity index (χ3n) is 2.27. The topological polar surface area (TPSA) is 95.5 Å². The molecule has 0 heterocycles. The van der Waals surface area contributed by atoms with Gasteiger partial charge < -0.3 is 10.5 Å². The molecule has 6 nitrogen and oxygen atoms in total. The first kappa shape index (κ1) is 15.3. The molecule has 0 aliphatic rings. The number of nitrogens with zero attached hydrogens (tertiary/aromatic N) is 1. The number of ether oxygens (including phenoxy) is 1. The third-order valence-corrected chi connectivity index (χ3v) is 2.27. The SMILES string of the molecule is COC(=O)C(C)(N)c1cccc([N+](=O)[O-])c1.Cl. The number of non-ortho nitro benzene ring substituents is 1. The third kappa shape index (κ3) is 3.15. The summed E-state index contributed by atoms with van der Waals surface area (Å²) in [6.07, 6.45) is 0. The van der Waals surface area contributed by atoms with Crippen molar-refractivity contribution in [3.8, 4) is 0 Å². The highest BCUT2D eigenvalue weighted by Gasteiger charge is 2.32. The number of nitrogens with two attached hydrogens (primary N) is 1. The van der Waals surface area contributed by atoms with Gasteiger partial charge in [-0.15, -0.1) is 12.4 Å². The standard InChI is InChI=1S/C10H12N2O4.ClH/c1-10(11,9(13)16-2)7-4-3-5-8(6-7)12(14)15;/h3-6H,11H2,1-2H3;1H. The second-order valence-electron chi connectivity index (χ2n) is 3.50. The second-order valence-corrected chi connectivity index (χ2v) is 3.50. The maximum atomic E-state index is 11.4. The van der Waals surface area contributed by atoms with Crippen molar-refractivity contribution < 1.29 is 14.5 Å². The van der Waals surface area contributed by atoms with E-state index in [1.165, 1.54) is 32.2 Å². The molecule has 0 aromatic heterocycles. The molecule has 0 aliphatic carbocycles. The van der Waals surface area contributed by atoms with Crippen LogP contribution in [0.25, 0.3) is 0 Å². The van der Waals surface area contributed by atoms with Gasteiger partial charge in [-0.1, -0.05) is 12.1 Å². The zero-order chi connectivity index (χ0) is 12.3. The zero-order valence-electron chi connectivity index (χ0n) is 9.38. The highest BCUT2D eigenvalue weighted by atomic mass is 35.5. The number of hydrogen-bond acceptors (Lipinski definition) is 5. The molecule has 0 spiro atoms. The van der Waals surface area contributed by atoms with Crippen LogP contribution in [0.1, 0.15) is 12.5 Å². The van der Waals surface area contributed by atoms with Crippen LogP contribution in [0.5, 0.6) is 0 Å². The molecule has 7 heteroatoms.